The second-order valence-electron chi connectivity index (χ2n) is 5.75. The van der Waals surface area contributed by atoms with Gasteiger partial charge in [0.05, 0.1) is 16.5 Å². The van der Waals surface area contributed by atoms with E-state index in [1.165, 1.54) is 25.1 Å². The summed E-state index contributed by atoms with van der Waals surface area (Å²) in [4.78, 5) is 34.6. The molecule has 2 atom stereocenters. The van der Waals surface area contributed by atoms with Crippen LogP contribution in [0.3, 0.4) is 0 Å². The minimum Gasteiger partial charge on any atom is -0.449 e. The molecule has 0 radical (unpaired) electrons. The van der Waals surface area contributed by atoms with Crippen LogP contribution in [0.5, 0.6) is 0 Å². The highest BCUT2D eigenvalue weighted by molar-refractivity contribution is 6.35. The van der Waals surface area contributed by atoms with Crippen molar-refractivity contribution in [1.29, 1.82) is 0 Å². The van der Waals surface area contributed by atoms with Gasteiger partial charge in [0.15, 0.2) is 6.10 Å². The molecule has 2 aromatic carbocycles. The highest BCUT2D eigenvalue weighted by Gasteiger charge is 2.22. The summed E-state index contributed by atoms with van der Waals surface area (Å²) < 4.78 is 5.09. The van der Waals surface area contributed by atoms with Crippen molar-refractivity contribution in [2.75, 3.05) is 0 Å². The Bertz CT molecular complexity index is 888. The molecule has 2 unspecified atom stereocenters. The molecule has 9 heteroatoms. The molecule has 27 heavy (non-hydrogen) atoms. The highest BCUT2D eigenvalue weighted by Crippen LogP contribution is 2.26. The standard InChI is InChI=1S/C18H16Cl2N2O5/c1-10(15-7-6-13(19)9-16(15)20)21-17(23)11(2)27-18(24)12-4-3-5-14(8-12)22(25)26/h3-11H,1-2H3,(H,21,23). The van der Waals surface area contributed by atoms with Crippen molar-refractivity contribution >= 4 is 40.8 Å². The number of carbonyl (C=O) groups excluding carboxylic acids is 2. The normalized spacial score (nSPS) is 12.7. The molecule has 0 aliphatic rings. The lowest BCUT2D eigenvalue weighted by Crippen LogP contribution is -2.37. The molecule has 1 N–H and O–H groups in total. The van der Waals surface area contributed by atoms with E-state index in [-0.39, 0.29) is 11.3 Å². The number of hydrogen-bond donors (Lipinski definition) is 1. The highest BCUT2D eigenvalue weighted by atomic mass is 35.5. The van der Waals surface area contributed by atoms with Gasteiger partial charge in [-0.1, -0.05) is 35.3 Å². The first-order chi connectivity index (χ1) is 12.7. The Morgan fingerprint density at radius 1 is 1.15 bits per heavy atom. The lowest BCUT2D eigenvalue weighted by Gasteiger charge is -2.19. The molecule has 0 heterocycles. The van der Waals surface area contributed by atoms with Crippen LogP contribution in [-0.4, -0.2) is 22.9 Å². The maximum absolute atomic E-state index is 12.3. The maximum Gasteiger partial charge on any atom is 0.339 e. The van der Waals surface area contributed by atoms with Gasteiger partial charge < -0.3 is 10.1 Å². The van der Waals surface area contributed by atoms with Crippen molar-refractivity contribution in [3.63, 3.8) is 0 Å². The quantitative estimate of drug-likeness (QED) is 0.434. The average Bonchev–Trinajstić information content (AvgIpc) is 2.61. The lowest BCUT2D eigenvalue weighted by molar-refractivity contribution is -0.384. The monoisotopic (exact) mass is 410 g/mol. The summed E-state index contributed by atoms with van der Waals surface area (Å²) >= 11 is 12.0. The van der Waals surface area contributed by atoms with Gasteiger partial charge in [-0.05, 0) is 37.6 Å². The first-order valence-corrected chi connectivity index (χ1v) is 8.65. The van der Waals surface area contributed by atoms with Crippen LogP contribution >= 0.6 is 23.2 Å². The molecule has 0 fully saturated rings. The number of hydrogen-bond acceptors (Lipinski definition) is 5. The topological polar surface area (TPSA) is 98.5 Å². The third-order valence-electron chi connectivity index (χ3n) is 3.73. The zero-order valence-electron chi connectivity index (χ0n) is 14.4. The molecular formula is C18H16Cl2N2O5. The lowest BCUT2D eigenvalue weighted by atomic mass is 10.1. The number of non-ortho nitro benzene ring substituents is 1. The number of nitro benzene ring substituents is 1. The second kappa shape index (κ2) is 8.83. The molecule has 0 spiro atoms. The van der Waals surface area contributed by atoms with Crippen LogP contribution in [0.15, 0.2) is 42.5 Å². The van der Waals surface area contributed by atoms with Gasteiger partial charge in [0, 0.05) is 22.2 Å². The van der Waals surface area contributed by atoms with E-state index in [0.29, 0.717) is 15.6 Å². The van der Waals surface area contributed by atoms with Crippen molar-refractivity contribution in [2.45, 2.75) is 26.0 Å². The van der Waals surface area contributed by atoms with E-state index < -0.39 is 28.9 Å². The van der Waals surface area contributed by atoms with Gasteiger partial charge in [0.1, 0.15) is 0 Å². The largest absolute Gasteiger partial charge is 0.449 e. The number of nitrogens with one attached hydrogen (secondary N) is 1. The molecule has 2 rings (SSSR count). The van der Waals surface area contributed by atoms with Gasteiger partial charge in [-0.25, -0.2) is 4.79 Å². The number of amides is 1. The number of ether oxygens (including phenoxy) is 1. The van der Waals surface area contributed by atoms with Gasteiger partial charge in [-0.2, -0.15) is 0 Å². The Labute approximate surface area is 165 Å². The molecule has 2 aromatic rings. The number of benzene rings is 2. The summed E-state index contributed by atoms with van der Waals surface area (Å²) in [5, 5.41) is 14.3. The van der Waals surface area contributed by atoms with Gasteiger partial charge in [-0.3, -0.25) is 14.9 Å². The Balaban J connectivity index is 2.01. The SMILES string of the molecule is CC(OC(=O)c1cccc([N+](=O)[O-])c1)C(=O)NC(C)c1ccc(Cl)cc1Cl. The van der Waals surface area contributed by atoms with Crippen LogP contribution in [0.1, 0.15) is 35.8 Å². The third-order valence-corrected chi connectivity index (χ3v) is 4.30. The van der Waals surface area contributed by atoms with E-state index in [1.807, 2.05) is 0 Å². The van der Waals surface area contributed by atoms with Crippen LogP contribution < -0.4 is 5.32 Å². The van der Waals surface area contributed by atoms with Crippen molar-refractivity contribution in [2.24, 2.45) is 0 Å². The molecule has 0 bridgehead atoms. The second-order valence-corrected chi connectivity index (χ2v) is 6.59. The van der Waals surface area contributed by atoms with Crippen molar-refractivity contribution in [1.82, 2.24) is 5.32 Å². The molecule has 0 saturated heterocycles. The van der Waals surface area contributed by atoms with Crippen LogP contribution in [0, 0.1) is 10.1 Å². The van der Waals surface area contributed by atoms with Crippen molar-refractivity contribution in [3.8, 4) is 0 Å². The summed E-state index contributed by atoms with van der Waals surface area (Å²) in [7, 11) is 0. The van der Waals surface area contributed by atoms with Crippen molar-refractivity contribution < 1.29 is 19.2 Å². The van der Waals surface area contributed by atoms with E-state index in [1.54, 1.807) is 25.1 Å². The van der Waals surface area contributed by atoms with Gasteiger partial charge in [0.2, 0.25) is 0 Å². The Kier molecular flexibility index (Phi) is 6.76. The van der Waals surface area contributed by atoms with Crippen LogP contribution in [-0.2, 0) is 9.53 Å². The number of carbonyl (C=O) groups is 2. The van der Waals surface area contributed by atoms with Crippen LogP contribution in [0.2, 0.25) is 10.0 Å². The number of nitro groups is 1. The van der Waals surface area contributed by atoms with Gasteiger partial charge in [0.25, 0.3) is 11.6 Å². The van der Waals surface area contributed by atoms with E-state index >= 15 is 0 Å². The predicted octanol–water partition coefficient (Wildman–Crippen LogP) is 4.32. The average molecular weight is 411 g/mol. The summed E-state index contributed by atoms with van der Waals surface area (Å²) in [5.74, 6) is -1.37. The van der Waals surface area contributed by atoms with Crippen molar-refractivity contribution in [3.05, 3.63) is 73.8 Å². The Morgan fingerprint density at radius 3 is 2.48 bits per heavy atom. The fourth-order valence-electron chi connectivity index (χ4n) is 2.29. The van der Waals surface area contributed by atoms with Gasteiger partial charge >= 0.3 is 5.97 Å². The zero-order valence-corrected chi connectivity index (χ0v) is 16.0. The molecule has 0 saturated carbocycles. The number of halogens is 2. The molecule has 0 aliphatic carbocycles. The van der Waals surface area contributed by atoms with E-state index in [4.69, 9.17) is 27.9 Å². The zero-order chi connectivity index (χ0) is 20.1. The van der Waals surface area contributed by atoms with E-state index in [0.717, 1.165) is 6.07 Å². The number of rotatable bonds is 6. The predicted molar refractivity (Wildman–Crippen MR) is 101 cm³/mol. The summed E-state index contributed by atoms with van der Waals surface area (Å²) in [6.45, 7) is 3.13. The van der Waals surface area contributed by atoms with E-state index in [9.17, 15) is 19.7 Å². The fourth-order valence-corrected chi connectivity index (χ4v) is 2.86. The summed E-state index contributed by atoms with van der Waals surface area (Å²) in [6, 6.07) is 9.54. The Hall–Kier alpha value is -2.64. The summed E-state index contributed by atoms with van der Waals surface area (Å²) in [6.07, 6.45) is -1.11. The number of nitrogens with zero attached hydrogens (tertiary/aromatic N) is 1. The first-order valence-electron chi connectivity index (χ1n) is 7.89. The maximum atomic E-state index is 12.3. The molecule has 7 nitrogen and oxygen atoms in total. The molecule has 0 aromatic heterocycles. The van der Waals surface area contributed by atoms with Crippen LogP contribution in [0.4, 0.5) is 5.69 Å². The molecule has 1 amide bonds. The van der Waals surface area contributed by atoms with E-state index in [2.05, 4.69) is 5.32 Å². The minimum atomic E-state index is -1.11. The third kappa shape index (κ3) is 5.42. The molecule has 0 aliphatic heterocycles. The smallest absolute Gasteiger partial charge is 0.339 e. The molecular weight excluding hydrogens is 395 g/mol. The van der Waals surface area contributed by atoms with Gasteiger partial charge in [-0.15, -0.1) is 0 Å². The Morgan fingerprint density at radius 2 is 1.85 bits per heavy atom. The van der Waals surface area contributed by atoms with Crippen LogP contribution in [0.25, 0.3) is 0 Å². The minimum absolute atomic E-state index is 0.0161. The summed E-state index contributed by atoms with van der Waals surface area (Å²) in [5.41, 5.74) is 0.400. The first kappa shape index (κ1) is 20.7. The fraction of sp³-hybridized carbons (Fsp3) is 0.222. The number of esters is 1. The molecule has 142 valence electrons.